The van der Waals surface area contributed by atoms with Crippen LogP contribution < -0.4 is 16.4 Å². The molecule has 2 fully saturated rings. The van der Waals surface area contributed by atoms with Crippen molar-refractivity contribution in [2.75, 3.05) is 24.3 Å². The van der Waals surface area contributed by atoms with Crippen molar-refractivity contribution < 1.29 is 18.7 Å². The lowest BCUT2D eigenvalue weighted by Crippen LogP contribution is -2.46. The van der Waals surface area contributed by atoms with Crippen molar-refractivity contribution in [2.24, 2.45) is 11.7 Å². The van der Waals surface area contributed by atoms with E-state index >= 15 is 4.39 Å². The number of rotatable bonds is 12. The molecule has 47 heavy (non-hydrogen) atoms. The molecule has 9 nitrogen and oxygen atoms in total. The minimum atomic E-state index is -1.08. The first-order valence-electron chi connectivity index (χ1n) is 15.6. The van der Waals surface area contributed by atoms with Gasteiger partial charge in [-0.25, -0.2) is 14.2 Å². The predicted octanol–water partition coefficient (Wildman–Crippen LogP) is 6.98. The molecule has 1 unspecified atom stereocenters. The molecule has 3 atom stereocenters. The van der Waals surface area contributed by atoms with Gasteiger partial charge in [0.25, 0.3) is 0 Å². The van der Waals surface area contributed by atoms with E-state index in [1.54, 1.807) is 36.5 Å². The summed E-state index contributed by atoms with van der Waals surface area (Å²) in [6, 6.07) is 11.6. The highest BCUT2D eigenvalue weighted by molar-refractivity contribution is 6.30. The molecule has 0 spiro atoms. The number of likely N-dealkylation sites (tertiary alicyclic amines) is 1. The first-order valence-corrected chi connectivity index (χ1v) is 16.0. The van der Waals surface area contributed by atoms with Crippen molar-refractivity contribution in [1.82, 2.24) is 14.9 Å². The van der Waals surface area contributed by atoms with Crippen LogP contribution in [0.3, 0.4) is 0 Å². The molecule has 11 heteroatoms. The summed E-state index contributed by atoms with van der Waals surface area (Å²) in [5.41, 5.74) is 6.78. The number of amides is 3. The predicted molar refractivity (Wildman–Crippen MR) is 182 cm³/mol. The molecule has 3 heterocycles. The van der Waals surface area contributed by atoms with Gasteiger partial charge in [-0.05, 0) is 73.2 Å². The van der Waals surface area contributed by atoms with Crippen LogP contribution >= 0.6 is 11.6 Å². The van der Waals surface area contributed by atoms with E-state index in [0.717, 1.165) is 6.42 Å². The van der Waals surface area contributed by atoms with Crippen molar-refractivity contribution in [1.29, 1.82) is 0 Å². The van der Waals surface area contributed by atoms with Gasteiger partial charge >= 0.3 is 6.03 Å². The second-order valence-electron chi connectivity index (χ2n) is 12.1. The maximum atomic E-state index is 15.4. The average Bonchev–Trinajstić information content (AvgIpc) is 3.83. The van der Waals surface area contributed by atoms with Gasteiger partial charge < -0.3 is 20.7 Å². The molecule has 3 aromatic rings. The van der Waals surface area contributed by atoms with Gasteiger partial charge in [0.15, 0.2) is 0 Å². The Kier molecular flexibility index (Phi) is 10.5. The summed E-state index contributed by atoms with van der Waals surface area (Å²) in [5, 5.41) is 5.88. The number of benzene rings is 1. The van der Waals surface area contributed by atoms with Crippen molar-refractivity contribution >= 4 is 35.0 Å². The molecular weight excluding hydrogens is 619 g/mol. The molecule has 1 saturated carbocycles. The van der Waals surface area contributed by atoms with Crippen molar-refractivity contribution in [3.05, 3.63) is 119 Å². The molecule has 0 radical (unpaired) electrons. The summed E-state index contributed by atoms with van der Waals surface area (Å²) in [4.78, 5) is 37.7. The second-order valence-corrected chi connectivity index (χ2v) is 12.5. The monoisotopic (exact) mass is 658 g/mol. The van der Waals surface area contributed by atoms with Gasteiger partial charge in [0.2, 0.25) is 5.91 Å². The Hall–Kier alpha value is -4.38. The maximum absolute atomic E-state index is 15.4. The smallest absolute Gasteiger partial charge is 0.323 e. The Labute approximate surface area is 279 Å². The van der Waals surface area contributed by atoms with Gasteiger partial charge in [-0.3, -0.25) is 15.1 Å². The largest absolute Gasteiger partial charge is 0.372 e. The number of carbonyl (C=O) groups excluding carboxylic acids is 2. The number of allylic oxidation sites excluding steroid dienone is 3. The third kappa shape index (κ3) is 7.78. The lowest BCUT2D eigenvalue weighted by molar-refractivity contribution is -0.119. The fourth-order valence-corrected chi connectivity index (χ4v) is 6.01. The van der Waals surface area contributed by atoms with E-state index in [-0.39, 0.29) is 24.5 Å². The van der Waals surface area contributed by atoms with E-state index in [1.165, 1.54) is 37.1 Å². The van der Waals surface area contributed by atoms with E-state index in [0.29, 0.717) is 34.2 Å². The molecule has 1 aliphatic carbocycles. The van der Waals surface area contributed by atoms with Gasteiger partial charge in [-0.1, -0.05) is 67.5 Å². The number of anilines is 2. The van der Waals surface area contributed by atoms with Crippen LogP contribution in [0.25, 0.3) is 0 Å². The summed E-state index contributed by atoms with van der Waals surface area (Å²) in [6.07, 6.45) is 14.3. The standard InChI is InChI=1S/C36H40ClFN6O3/c1-4-5-6-9-24(2)35(47-3)21-30(44(23-35)34(46)43-32-16-14-27(37)22-41-32)33(45)42-29-20-26(13-15-28(29)38)36(39,18-17-25-11-12-25)31-10-7-8-19-40-31/h4-10,13-16,19-20,22,25,30H,2,11-12,17-18,21,23,39H2,1,3H3,(H,42,45)(H,41,43,46)/b5-4-,9-6-/t30-,35-,36?/m1/s1. The SMILES string of the molecule is C=C(/C=C\C=C/C)[C@@]1(OC)C[C@H](C(=O)Nc2cc(C(N)(CCC3CC3)c3ccccn3)ccc2F)N(C(=O)Nc2ccc(Cl)cn2)C1. The van der Waals surface area contributed by atoms with Crippen molar-refractivity contribution in [2.45, 2.75) is 56.2 Å². The van der Waals surface area contributed by atoms with E-state index in [4.69, 9.17) is 22.1 Å². The number of ether oxygens (including phenoxy) is 1. The number of methoxy groups -OCH3 is 1. The lowest BCUT2D eigenvalue weighted by Gasteiger charge is -2.30. The second kappa shape index (κ2) is 14.6. The Morgan fingerprint density at radius 3 is 2.66 bits per heavy atom. The first kappa shape index (κ1) is 34.0. The molecule has 0 bridgehead atoms. The van der Waals surface area contributed by atoms with Crippen LogP contribution in [-0.2, 0) is 15.1 Å². The third-order valence-electron chi connectivity index (χ3n) is 8.93. The van der Waals surface area contributed by atoms with E-state index in [2.05, 4.69) is 27.2 Å². The average molecular weight is 659 g/mol. The summed E-state index contributed by atoms with van der Waals surface area (Å²) in [5.74, 6) is -0.363. The van der Waals surface area contributed by atoms with Gasteiger partial charge in [0.1, 0.15) is 23.3 Å². The van der Waals surface area contributed by atoms with Crippen LogP contribution in [-0.4, -0.2) is 52.1 Å². The summed E-state index contributed by atoms with van der Waals surface area (Å²) in [7, 11) is 1.51. The number of hydrogen-bond donors (Lipinski definition) is 3. The molecule has 246 valence electrons. The number of carbonyl (C=O) groups is 2. The van der Waals surface area contributed by atoms with Gasteiger partial charge in [-0.15, -0.1) is 0 Å². The minimum Gasteiger partial charge on any atom is -0.372 e. The Balaban J connectivity index is 1.45. The number of nitrogens with zero attached hydrogens (tertiary/aromatic N) is 3. The number of hydrogen-bond acceptors (Lipinski definition) is 6. The third-order valence-corrected chi connectivity index (χ3v) is 9.16. The van der Waals surface area contributed by atoms with Crippen molar-refractivity contribution in [3.63, 3.8) is 0 Å². The normalized spacial score (nSPS) is 20.8. The number of pyridine rings is 2. The number of halogens is 2. The Morgan fingerprint density at radius 1 is 1.19 bits per heavy atom. The fraction of sp³-hybridized carbons (Fsp3) is 0.333. The van der Waals surface area contributed by atoms with Crippen LogP contribution in [0.1, 0.15) is 50.3 Å². The van der Waals surface area contributed by atoms with Gasteiger partial charge in [0.05, 0.1) is 28.5 Å². The minimum absolute atomic E-state index is 0.00922. The zero-order valence-electron chi connectivity index (χ0n) is 26.6. The molecule has 1 saturated heterocycles. The topological polar surface area (TPSA) is 122 Å². The molecule has 3 amide bonds. The number of nitrogens with two attached hydrogens (primary N) is 1. The van der Waals surface area contributed by atoms with E-state index in [1.807, 2.05) is 43.4 Å². The molecular formula is C36H40ClFN6O3. The van der Waals surface area contributed by atoms with E-state index < -0.39 is 34.9 Å². The van der Waals surface area contributed by atoms with Crippen LogP contribution in [0, 0.1) is 11.7 Å². The Morgan fingerprint density at radius 2 is 2.00 bits per heavy atom. The molecule has 5 rings (SSSR count). The van der Waals surface area contributed by atoms with Crippen LogP contribution in [0.4, 0.5) is 20.7 Å². The van der Waals surface area contributed by atoms with Crippen LogP contribution in [0.5, 0.6) is 0 Å². The molecule has 1 aliphatic heterocycles. The highest BCUT2D eigenvalue weighted by atomic mass is 35.5. The zero-order chi connectivity index (χ0) is 33.6. The summed E-state index contributed by atoms with van der Waals surface area (Å²) >= 11 is 5.96. The Bertz CT molecular complexity index is 1660. The van der Waals surface area contributed by atoms with Crippen molar-refractivity contribution in [3.8, 4) is 0 Å². The lowest BCUT2D eigenvalue weighted by atomic mass is 9.82. The van der Waals surface area contributed by atoms with Gasteiger partial charge in [-0.2, -0.15) is 0 Å². The van der Waals surface area contributed by atoms with E-state index in [9.17, 15) is 9.59 Å². The maximum Gasteiger partial charge on any atom is 0.323 e. The quantitative estimate of drug-likeness (QED) is 0.181. The number of urea groups is 1. The van der Waals surface area contributed by atoms with Crippen LogP contribution in [0.2, 0.25) is 5.02 Å². The highest BCUT2D eigenvalue weighted by Gasteiger charge is 2.50. The molecule has 1 aromatic carbocycles. The molecule has 2 aliphatic rings. The zero-order valence-corrected chi connectivity index (χ0v) is 27.3. The molecule has 2 aromatic heterocycles. The summed E-state index contributed by atoms with van der Waals surface area (Å²) < 4.78 is 21.3. The number of aromatic nitrogens is 2. The summed E-state index contributed by atoms with van der Waals surface area (Å²) in [6.45, 7) is 6.09. The first-order chi connectivity index (χ1) is 22.6. The number of nitrogens with one attached hydrogen (secondary N) is 2. The van der Waals surface area contributed by atoms with Crippen LogP contribution in [0.15, 0.2) is 97.4 Å². The highest BCUT2D eigenvalue weighted by Crippen LogP contribution is 2.41. The van der Waals surface area contributed by atoms with Gasteiger partial charge in [0, 0.05) is 25.9 Å². The fourth-order valence-electron chi connectivity index (χ4n) is 5.90. The molecule has 4 N–H and O–H groups in total.